The molecule has 0 amide bonds. The Balaban J connectivity index is 1.90. The van der Waals surface area contributed by atoms with Crippen molar-refractivity contribution in [3.8, 4) is 0 Å². The summed E-state index contributed by atoms with van der Waals surface area (Å²) in [6.07, 6.45) is 4.07. The van der Waals surface area contributed by atoms with Gasteiger partial charge in [-0.05, 0) is 19.4 Å². The van der Waals surface area contributed by atoms with E-state index in [1.165, 1.54) is 0 Å². The zero-order valence-corrected chi connectivity index (χ0v) is 17.6. The minimum absolute atomic E-state index is 0.0382. The van der Waals surface area contributed by atoms with E-state index < -0.39 is 5.79 Å². The normalized spacial score (nSPS) is 51.2. The third-order valence-corrected chi connectivity index (χ3v) is 7.39. The molecule has 3 aliphatic heterocycles. The molecule has 0 aliphatic carbocycles. The maximum atomic E-state index is 6.61. The first-order chi connectivity index (χ1) is 10.4. The van der Waals surface area contributed by atoms with Gasteiger partial charge in [-0.25, -0.2) is 0 Å². The van der Waals surface area contributed by atoms with E-state index in [0.717, 1.165) is 19.3 Å². The van der Waals surface area contributed by atoms with Crippen LogP contribution in [0.2, 0.25) is 0 Å². The number of hydrogen-bond donors (Lipinski definition) is 0. The lowest BCUT2D eigenvalue weighted by atomic mass is 10.0. The van der Waals surface area contributed by atoms with E-state index in [-0.39, 0.29) is 39.4 Å². The van der Waals surface area contributed by atoms with Gasteiger partial charge in [0.05, 0.1) is 34.6 Å². The van der Waals surface area contributed by atoms with Crippen LogP contribution in [0.1, 0.15) is 26.2 Å². The van der Waals surface area contributed by atoms with Gasteiger partial charge < -0.3 is 14.2 Å². The van der Waals surface area contributed by atoms with Crippen molar-refractivity contribution in [3.05, 3.63) is 16.8 Å². The third kappa shape index (κ3) is 3.41. The van der Waals surface area contributed by atoms with Crippen molar-refractivity contribution in [1.29, 1.82) is 0 Å². The van der Waals surface area contributed by atoms with Crippen LogP contribution in [-0.4, -0.2) is 45.2 Å². The maximum Gasteiger partial charge on any atom is 0.182 e. The molecule has 0 unspecified atom stereocenters. The van der Waals surface area contributed by atoms with Gasteiger partial charge in [0.1, 0.15) is 0 Å². The van der Waals surface area contributed by atoms with E-state index in [0.29, 0.717) is 0 Å². The molecule has 0 aromatic rings. The quantitative estimate of drug-likeness (QED) is 0.372. The van der Waals surface area contributed by atoms with Gasteiger partial charge in [0.25, 0.3) is 0 Å². The van der Waals surface area contributed by atoms with Crippen LogP contribution in [-0.2, 0) is 14.2 Å². The summed E-state index contributed by atoms with van der Waals surface area (Å²) < 4.78 is 18.7. The van der Waals surface area contributed by atoms with Gasteiger partial charge in [-0.1, -0.05) is 47.8 Å². The lowest BCUT2D eigenvalue weighted by Gasteiger charge is -2.33. The number of fused-ring (bicyclic) bond motifs is 2. The fraction of sp³-hybridized carbons (Fsp3) is 0.800. The van der Waals surface area contributed by atoms with E-state index in [1.807, 2.05) is 13.0 Å². The standard InChI is InChI=1S/C15H18Br3ClO3/c1-8-14(19)12-6-13(18)15(22-12)7-10(17)11(21-15)5-9(20-8)3-2-4-16/h3-4,8-14H,5-7H2,1H3/t2?,8-,9+,10+,11-,12+,13-,14-,15-/m0/s1. The molecule has 3 heterocycles. The lowest BCUT2D eigenvalue weighted by Crippen LogP contribution is -2.41. The second-order valence-electron chi connectivity index (χ2n) is 6.05. The molecule has 0 aromatic heterocycles. The molecule has 0 N–H and O–H groups in total. The van der Waals surface area contributed by atoms with Crippen molar-refractivity contribution in [2.75, 3.05) is 0 Å². The summed E-state index contributed by atoms with van der Waals surface area (Å²) in [6, 6.07) is 0. The van der Waals surface area contributed by atoms with Crippen molar-refractivity contribution in [2.24, 2.45) is 0 Å². The molecule has 1 spiro atoms. The maximum absolute atomic E-state index is 6.61. The zero-order valence-electron chi connectivity index (χ0n) is 12.1. The SMILES string of the molecule is C[C@@H]1O[C@H](C=C=CBr)C[C@@H]2O[C@@]3(C[C@H]2Br)O[C@H](C[C@@H]3Br)[C@H]1Cl. The molecule has 3 rings (SSSR count). The van der Waals surface area contributed by atoms with E-state index in [1.54, 1.807) is 4.99 Å². The topological polar surface area (TPSA) is 27.7 Å². The molecule has 0 saturated carbocycles. The van der Waals surface area contributed by atoms with Crippen molar-refractivity contribution in [2.45, 2.75) is 71.4 Å². The molecule has 8 atom stereocenters. The second-order valence-corrected chi connectivity index (χ2v) is 9.29. The molecule has 7 heteroatoms. The lowest BCUT2D eigenvalue weighted by molar-refractivity contribution is -0.225. The fourth-order valence-corrected chi connectivity index (χ4v) is 5.31. The van der Waals surface area contributed by atoms with Gasteiger partial charge >= 0.3 is 0 Å². The highest BCUT2D eigenvalue weighted by Gasteiger charge is 2.58. The van der Waals surface area contributed by atoms with Gasteiger partial charge in [-0.15, -0.1) is 17.3 Å². The Kier molecular flexibility index (Phi) is 5.84. The summed E-state index contributed by atoms with van der Waals surface area (Å²) in [6.45, 7) is 2.00. The molecule has 0 aromatic carbocycles. The summed E-state index contributed by atoms with van der Waals surface area (Å²) >= 11 is 17.3. The van der Waals surface area contributed by atoms with Crippen LogP contribution in [0.25, 0.3) is 0 Å². The number of rotatable bonds is 1. The smallest absolute Gasteiger partial charge is 0.182 e. The average Bonchev–Trinajstić information content (AvgIpc) is 2.95. The number of alkyl halides is 3. The van der Waals surface area contributed by atoms with E-state index >= 15 is 0 Å². The number of halogens is 4. The first kappa shape index (κ1) is 17.9. The molecule has 124 valence electrons. The van der Waals surface area contributed by atoms with Crippen LogP contribution in [0.4, 0.5) is 0 Å². The minimum Gasteiger partial charge on any atom is -0.369 e. The summed E-state index contributed by atoms with van der Waals surface area (Å²) in [5, 5.41) is -0.210. The fourth-order valence-electron chi connectivity index (χ4n) is 3.40. The largest absolute Gasteiger partial charge is 0.369 e. The second kappa shape index (κ2) is 7.17. The summed E-state index contributed by atoms with van der Waals surface area (Å²) in [4.78, 5) is 2.08. The monoisotopic (exact) mass is 518 g/mol. The predicted molar refractivity (Wildman–Crippen MR) is 97.3 cm³/mol. The zero-order chi connectivity index (χ0) is 15.9. The molecular formula is C15H18Br3ClO3. The predicted octanol–water partition coefficient (Wildman–Crippen LogP) is 4.64. The van der Waals surface area contributed by atoms with E-state index in [9.17, 15) is 0 Å². The van der Waals surface area contributed by atoms with Crippen LogP contribution < -0.4 is 0 Å². The molecule has 3 aliphatic rings. The minimum atomic E-state index is -0.576. The molecule has 3 bridgehead atoms. The third-order valence-electron chi connectivity index (χ3n) is 4.50. The van der Waals surface area contributed by atoms with Crippen molar-refractivity contribution in [3.63, 3.8) is 0 Å². The average molecular weight is 521 g/mol. The Bertz CT molecular complexity index is 485. The Hall–Kier alpha value is 1.13. The highest BCUT2D eigenvalue weighted by molar-refractivity contribution is 9.11. The van der Waals surface area contributed by atoms with Gasteiger partial charge in [-0.3, -0.25) is 0 Å². The summed E-state index contributed by atoms with van der Waals surface area (Å²) in [7, 11) is 0. The van der Waals surface area contributed by atoms with Crippen LogP contribution in [0.5, 0.6) is 0 Å². The van der Waals surface area contributed by atoms with Crippen molar-refractivity contribution in [1.82, 2.24) is 0 Å². The Labute approximate surface area is 161 Å². The van der Waals surface area contributed by atoms with Crippen LogP contribution in [0.3, 0.4) is 0 Å². The van der Waals surface area contributed by atoms with E-state index in [2.05, 4.69) is 53.5 Å². The summed E-state index contributed by atoms with van der Waals surface area (Å²) in [5.41, 5.74) is 3.04. The molecular weight excluding hydrogens is 503 g/mol. The Morgan fingerprint density at radius 1 is 1.23 bits per heavy atom. The van der Waals surface area contributed by atoms with Crippen LogP contribution in [0.15, 0.2) is 16.8 Å². The van der Waals surface area contributed by atoms with Gasteiger partial charge in [-0.2, -0.15) is 0 Å². The van der Waals surface area contributed by atoms with Crippen molar-refractivity contribution < 1.29 is 14.2 Å². The van der Waals surface area contributed by atoms with Gasteiger partial charge in [0, 0.05) is 22.7 Å². The molecule has 0 radical (unpaired) electrons. The summed E-state index contributed by atoms with van der Waals surface area (Å²) in [5.74, 6) is -0.576. The first-order valence-electron chi connectivity index (χ1n) is 7.40. The van der Waals surface area contributed by atoms with E-state index in [4.69, 9.17) is 25.8 Å². The first-order valence-corrected chi connectivity index (χ1v) is 10.6. The highest BCUT2D eigenvalue weighted by Crippen LogP contribution is 2.50. The van der Waals surface area contributed by atoms with Gasteiger partial charge in [0.15, 0.2) is 5.79 Å². The molecule has 3 fully saturated rings. The van der Waals surface area contributed by atoms with Crippen LogP contribution >= 0.6 is 59.4 Å². The number of hydrogen-bond acceptors (Lipinski definition) is 3. The molecule has 3 saturated heterocycles. The molecule has 3 nitrogen and oxygen atoms in total. The molecule has 22 heavy (non-hydrogen) atoms. The number of ether oxygens (including phenoxy) is 3. The van der Waals surface area contributed by atoms with Gasteiger partial charge in [0.2, 0.25) is 0 Å². The Morgan fingerprint density at radius 3 is 2.68 bits per heavy atom. The van der Waals surface area contributed by atoms with Crippen LogP contribution in [0, 0.1) is 0 Å². The van der Waals surface area contributed by atoms with Crippen molar-refractivity contribution >= 4 is 59.4 Å². The highest BCUT2D eigenvalue weighted by atomic mass is 79.9. The Morgan fingerprint density at radius 2 is 1.95 bits per heavy atom.